The molecule has 1 aliphatic rings. The van der Waals surface area contributed by atoms with Crippen LogP contribution in [0, 0.1) is 0 Å². The minimum Gasteiger partial charge on any atom is -0.482 e. The Kier molecular flexibility index (Phi) is 5.34. The Balaban J connectivity index is 1.64. The van der Waals surface area contributed by atoms with Gasteiger partial charge >= 0.3 is 0 Å². The van der Waals surface area contributed by atoms with E-state index in [1.54, 1.807) is 0 Å². The molecule has 144 valence electrons. The number of rotatable bonds is 5. The number of hydrogen-bond donors (Lipinski definition) is 2. The first-order valence-corrected chi connectivity index (χ1v) is 9.38. The van der Waals surface area contributed by atoms with Crippen LogP contribution in [0.4, 0.5) is 11.4 Å². The molecule has 29 heavy (non-hydrogen) atoms. The van der Waals surface area contributed by atoms with Crippen LogP contribution in [0.25, 0.3) is 5.57 Å². The Bertz CT molecular complexity index is 1050. The van der Waals surface area contributed by atoms with Gasteiger partial charge in [-0.3, -0.25) is 0 Å². The topological polar surface area (TPSA) is 70.5 Å². The summed E-state index contributed by atoms with van der Waals surface area (Å²) in [6, 6.07) is 24.9. The zero-order chi connectivity index (χ0) is 20.1. The number of hydrogen-bond acceptors (Lipinski definition) is 4. The van der Waals surface area contributed by atoms with Crippen molar-refractivity contribution in [1.29, 1.82) is 0 Å². The molecule has 0 aromatic heterocycles. The second-order valence-corrected chi connectivity index (χ2v) is 6.71. The molecule has 0 saturated heterocycles. The fourth-order valence-corrected chi connectivity index (χ4v) is 3.00. The average molecular weight is 382 g/mol. The van der Waals surface area contributed by atoms with E-state index in [1.807, 2.05) is 85.0 Å². The van der Waals surface area contributed by atoms with Gasteiger partial charge in [0.1, 0.15) is 23.4 Å². The first kappa shape index (κ1) is 18.4. The molecule has 3 aromatic carbocycles. The highest BCUT2D eigenvalue weighted by Gasteiger charge is 2.13. The van der Waals surface area contributed by atoms with Gasteiger partial charge in [-0.05, 0) is 71.8 Å². The van der Waals surface area contributed by atoms with Crippen LogP contribution in [0.2, 0.25) is 0 Å². The SMILES string of the molecule is Nc1ccc(OC2=CC(Oc3ccc(N)cc3)C=C(c3ccccc3)C=C2)cc1. The second-order valence-electron chi connectivity index (χ2n) is 6.71. The second kappa shape index (κ2) is 8.40. The predicted molar refractivity (Wildman–Crippen MR) is 118 cm³/mol. The molecule has 0 aliphatic heterocycles. The van der Waals surface area contributed by atoms with Crippen molar-refractivity contribution in [3.8, 4) is 11.5 Å². The number of nitrogen functional groups attached to an aromatic ring is 2. The van der Waals surface area contributed by atoms with Gasteiger partial charge in [0, 0.05) is 17.5 Å². The first-order valence-electron chi connectivity index (χ1n) is 9.38. The van der Waals surface area contributed by atoms with Crippen molar-refractivity contribution >= 4 is 16.9 Å². The van der Waals surface area contributed by atoms with E-state index in [0.717, 1.165) is 16.9 Å². The number of nitrogens with two attached hydrogens (primary N) is 2. The van der Waals surface area contributed by atoms with Crippen molar-refractivity contribution in [3.05, 3.63) is 114 Å². The van der Waals surface area contributed by atoms with Crippen LogP contribution in [0.5, 0.6) is 11.5 Å². The third kappa shape index (κ3) is 4.87. The van der Waals surface area contributed by atoms with Crippen LogP contribution in [0.15, 0.2) is 109 Å². The molecule has 0 bridgehead atoms. The van der Waals surface area contributed by atoms with Crippen molar-refractivity contribution in [3.63, 3.8) is 0 Å². The highest BCUT2D eigenvalue weighted by Crippen LogP contribution is 2.26. The molecule has 0 heterocycles. The summed E-state index contributed by atoms with van der Waals surface area (Å²) in [6.45, 7) is 0. The van der Waals surface area contributed by atoms with Crippen molar-refractivity contribution in [2.75, 3.05) is 11.5 Å². The van der Waals surface area contributed by atoms with Gasteiger partial charge in [0.2, 0.25) is 0 Å². The van der Waals surface area contributed by atoms with E-state index in [2.05, 4.69) is 18.2 Å². The highest BCUT2D eigenvalue weighted by atomic mass is 16.5. The smallest absolute Gasteiger partial charge is 0.140 e. The number of ether oxygens (including phenoxy) is 2. The molecule has 0 amide bonds. The molecule has 1 aliphatic carbocycles. The zero-order valence-electron chi connectivity index (χ0n) is 15.9. The van der Waals surface area contributed by atoms with Gasteiger partial charge in [-0.2, -0.15) is 0 Å². The van der Waals surface area contributed by atoms with Gasteiger partial charge in [-0.25, -0.2) is 0 Å². The first-order chi connectivity index (χ1) is 14.2. The quantitative estimate of drug-likeness (QED) is 0.594. The Morgan fingerprint density at radius 2 is 1.24 bits per heavy atom. The van der Waals surface area contributed by atoms with E-state index >= 15 is 0 Å². The van der Waals surface area contributed by atoms with Crippen molar-refractivity contribution in [1.82, 2.24) is 0 Å². The van der Waals surface area contributed by atoms with E-state index in [-0.39, 0.29) is 6.10 Å². The van der Waals surface area contributed by atoms with E-state index in [4.69, 9.17) is 20.9 Å². The summed E-state index contributed by atoms with van der Waals surface area (Å²) in [4.78, 5) is 0. The van der Waals surface area contributed by atoms with Gasteiger partial charge < -0.3 is 20.9 Å². The maximum atomic E-state index is 6.18. The molecule has 4 nitrogen and oxygen atoms in total. The van der Waals surface area contributed by atoms with Gasteiger partial charge in [0.05, 0.1) is 0 Å². The molecular weight excluding hydrogens is 360 g/mol. The van der Waals surface area contributed by atoms with Gasteiger partial charge in [0.15, 0.2) is 0 Å². The molecule has 0 spiro atoms. The molecule has 0 radical (unpaired) electrons. The van der Waals surface area contributed by atoms with E-state index in [0.29, 0.717) is 22.9 Å². The largest absolute Gasteiger partial charge is 0.482 e. The van der Waals surface area contributed by atoms with E-state index in [1.165, 1.54) is 0 Å². The van der Waals surface area contributed by atoms with Crippen molar-refractivity contribution < 1.29 is 9.47 Å². The Morgan fingerprint density at radius 1 is 0.621 bits per heavy atom. The molecule has 1 atom stereocenters. The maximum absolute atomic E-state index is 6.18. The fraction of sp³-hybridized carbons (Fsp3) is 0.0400. The lowest BCUT2D eigenvalue weighted by Crippen LogP contribution is -2.12. The molecule has 0 fully saturated rings. The lowest BCUT2D eigenvalue weighted by Gasteiger charge is -2.14. The van der Waals surface area contributed by atoms with Crippen molar-refractivity contribution in [2.45, 2.75) is 6.10 Å². The minimum absolute atomic E-state index is 0.312. The summed E-state index contributed by atoms with van der Waals surface area (Å²) < 4.78 is 12.2. The molecule has 4 N–H and O–H groups in total. The molecule has 3 aromatic rings. The molecule has 4 rings (SSSR count). The van der Waals surface area contributed by atoms with Crippen LogP contribution in [-0.2, 0) is 0 Å². The van der Waals surface area contributed by atoms with Crippen LogP contribution in [0.3, 0.4) is 0 Å². The monoisotopic (exact) mass is 382 g/mol. The normalized spacial score (nSPS) is 15.8. The number of allylic oxidation sites excluding steroid dienone is 3. The van der Waals surface area contributed by atoms with Crippen LogP contribution in [0.1, 0.15) is 5.56 Å². The molecular formula is C25H22N2O2. The summed E-state index contributed by atoms with van der Waals surface area (Å²) >= 11 is 0. The van der Waals surface area contributed by atoms with Crippen LogP contribution >= 0.6 is 0 Å². The minimum atomic E-state index is -0.312. The Hall–Kier alpha value is -3.92. The van der Waals surface area contributed by atoms with E-state index < -0.39 is 0 Å². The number of anilines is 2. The Labute approximate surface area is 170 Å². The lowest BCUT2D eigenvalue weighted by atomic mass is 10.0. The van der Waals surface area contributed by atoms with Gasteiger partial charge in [-0.1, -0.05) is 36.4 Å². The van der Waals surface area contributed by atoms with Gasteiger partial charge in [0.25, 0.3) is 0 Å². The predicted octanol–water partition coefficient (Wildman–Crippen LogP) is 5.21. The third-order valence-corrected chi connectivity index (χ3v) is 4.47. The fourth-order valence-electron chi connectivity index (χ4n) is 3.00. The Morgan fingerprint density at radius 3 is 1.90 bits per heavy atom. The summed E-state index contributed by atoms with van der Waals surface area (Å²) in [5.74, 6) is 2.14. The molecule has 4 heteroatoms. The van der Waals surface area contributed by atoms with Crippen LogP contribution in [-0.4, -0.2) is 6.10 Å². The summed E-state index contributed by atoms with van der Waals surface area (Å²) in [5, 5.41) is 0. The summed E-state index contributed by atoms with van der Waals surface area (Å²) in [6.07, 6.45) is 7.68. The highest BCUT2D eigenvalue weighted by molar-refractivity contribution is 5.75. The summed E-state index contributed by atoms with van der Waals surface area (Å²) in [5.41, 5.74) is 15.1. The van der Waals surface area contributed by atoms with Crippen LogP contribution < -0.4 is 20.9 Å². The third-order valence-electron chi connectivity index (χ3n) is 4.47. The summed E-state index contributed by atoms with van der Waals surface area (Å²) in [7, 11) is 0. The molecule has 0 saturated carbocycles. The number of benzene rings is 3. The zero-order valence-corrected chi connectivity index (χ0v) is 15.9. The molecule has 1 unspecified atom stereocenters. The lowest BCUT2D eigenvalue weighted by molar-refractivity contribution is 0.291. The standard InChI is InChI=1S/C25H22N2O2/c26-20-7-12-22(13-8-20)28-24-11-6-19(18-4-2-1-3-5-18)16-25(17-24)29-23-14-9-21(27)10-15-23/h1-17,25H,26-27H2. The maximum Gasteiger partial charge on any atom is 0.140 e. The average Bonchev–Trinajstić information content (AvgIpc) is 2.94. The van der Waals surface area contributed by atoms with Crippen molar-refractivity contribution in [2.24, 2.45) is 0 Å². The van der Waals surface area contributed by atoms with Gasteiger partial charge in [-0.15, -0.1) is 0 Å². The van der Waals surface area contributed by atoms with E-state index in [9.17, 15) is 0 Å².